The largest absolute Gasteiger partial charge is 0.308 e. The Morgan fingerprint density at radius 3 is 2.45 bits per heavy atom. The SMILES string of the molecule is C=CC(C)NC(CC)CCC. The van der Waals surface area contributed by atoms with Crippen molar-refractivity contribution < 1.29 is 0 Å². The predicted molar refractivity (Wildman–Crippen MR) is 51.8 cm³/mol. The van der Waals surface area contributed by atoms with Gasteiger partial charge in [-0.05, 0) is 19.8 Å². The molecule has 0 spiro atoms. The number of hydrogen-bond acceptors (Lipinski definition) is 1. The molecule has 0 radical (unpaired) electrons. The van der Waals surface area contributed by atoms with Gasteiger partial charge < -0.3 is 5.32 Å². The van der Waals surface area contributed by atoms with Crippen LogP contribution < -0.4 is 5.32 Å². The van der Waals surface area contributed by atoms with Crippen LogP contribution in [0.25, 0.3) is 0 Å². The molecule has 0 aromatic carbocycles. The quantitative estimate of drug-likeness (QED) is 0.582. The van der Waals surface area contributed by atoms with Gasteiger partial charge in [0.25, 0.3) is 0 Å². The maximum Gasteiger partial charge on any atom is 0.0221 e. The van der Waals surface area contributed by atoms with E-state index in [2.05, 4.69) is 32.7 Å². The van der Waals surface area contributed by atoms with Gasteiger partial charge in [0.15, 0.2) is 0 Å². The molecule has 2 unspecified atom stereocenters. The average molecular weight is 155 g/mol. The third-order valence-electron chi connectivity index (χ3n) is 1.98. The standard InChI is InChI=1S/C10H21N/c1-5-8-10(7-3)11-9(4)6-2/h6,9-11H,2,5,7-8H2,1,3-4H3. The lowest BCUT2D eigenvalue weighted by Gasteiger charge is -2.19. The predicted octanol–water partition coefficient (Wildman–Crippen LogP) is 2.73. The Bertz CT molecular complexity index is 99.0. The highest BCUT2D eigenvalue weighted by molar-refractivity contribution is 4.83. The van der Waals surface area contributed by atoms with Crippen LogP contribution in [-0.2, 0) is 0 Å². The van der Waals surface area contributed by atoms with Crippen LogP contribution in [0.4, 0.5) is 0 Å². The summed E-state index contributed by atoms with van der Waals surface area (Å²) in [6, 6.07) is 1.12. The van der Waals surface area contributed by atoms with Crippen LogP contribution in [0.1, 0.15) is 40.0 Å². The maximum atomic E-state index is 3.75. The molecule has 0 aliphatic rings. The van der Waals surface area contributed by atoms with E-state index in [1.807, 2.05) is 6.08 Å². The fourth-order valence-corrected chi connectivity index (χ4v) is 1.19. The zero-order valence-corrected chi connectivity index (χ0v) is 8.06. The minimum atomic E-state index is 0.450. The summed E-state index contributed by atoms with van der Waals surface area (Å²) in [5, 5.41) is 3.50. The minimum absolute atomic E-state index is 0.450. The second kappa shape index (κ2) is 6.41. The van der Waals surface area contributed by atoms with E-state index in [4.69, 9.17) is 0 Å². The Morgan fingerprint density at radius 2 is 2.09 bits per heavy atom. The highest BCUT2D eigenvalue weighted by Crippen LogP contribution is 2.02. The Hall–Kier alpha value is -0.300. The van der Waals surface area contributed by atoms with E-state index >= 15 is 0 Å². The first kappa shape index (κ1) is 10.7. The van der Waals surface area contributed by atoms with Crippen molar-refractivity contribution in [2.24, 2.45) is 0 Å². The molecular formula is C10H21N. The van der Waals surface area contributed by atoms with Crippen molar-refractivity contribution in [1.82, 2.24) is 5.32 Å². The zero-order valence-electron chi connectivity index (χ0n) is 8.06. The van der Waals surface area contributed by atoms with E-state index in [-0.39, 0.29) is 0 Å². The first-order valence-corrected chi connectivity index (χ1v) is 4.63. The smallest absolute Gasteiger partial charge is 0.0221 e. The van der Waals surface area contributed by atoms with Gasteiger partial charge >= 0.3 is 0 Å². The molecule has 0 aliphatic heterocycles. The minimum Gasteiger partial charge on any atom is -0.308 e. The van der Waals surface area contributed by atoms with Crippen molar-refractivity contribution in [2.45, 2.75) is 52.1 Å². The Labute approximate surface area is 70.9 Å². The third kappa shape index (κ3) is 5.02. The maximum absolute atomic E-state index is 3.75. The monoisotopic (exact) mass is 155 g/mol. The van der Waals surface area contributed by atoms with Crippen LogP contribution in [0.5, 0.6) is 0 Å². The van der Waals surface area contributed by atoms with E-state index in [1.54, 1.807) is 0 Å². The van der Waals surface area contributed by atoms with Gasteiger partial charge in [0.2, 0.25) is 0 Å². The molecule has 0 aromatic heterocycles. The second-order valence-corrected chi connectivity index (χ2v) is 3.08. The van der Waals surface area contributed by atoms with E-state index in [0.717, 1.165) is 0 Å². The van der Waals surface area contributed by atoms with Crippen molar-refractivity contribution in [3.05, 3.63) is 12.7 Å². The van der Waals surface area contributed by atoms with Crippen molar-refractivity contribution in [3.8, 4) is 0 Å². The summed E-state index contributed by atoms with van der Waals surface area (Å²) >= 11 is 0. The number of nitrogens with one attached hydrogen (secondary N) is 1. The summed E-state index contributed by atoms with van der Waals surface area (Å²) in [6.07, 6.45) is 5.70. The highest BCUT2D eigenvalue weighted by Gasteiger charge is 2.05. The van der Waals surface area contributed by atoms with Crippen molar-refractivity contribution in [3.63, 3.8) is 0 Å². The van der Waals surface area contributed by atoms with E-state index in [1.165, 1.54) is 19.3 Å². The summed E-state index contributed by atoms with van der Waals surface area (Å²) in [6.45, 7) is 10.3. The normalized spacial score (nSPS) is 15.9. The summed E-state index contributed by atoms with van der Waals surface area (Å²) in [5.74, 6) is 0. The number of rotatable bonds is 6. The molecule has 1 heteroatoms. The van der Waals surface area contributed by atoms with Crippen LogP contribution in [0.15, 0.2) is 12.7 Å². The van der Waals surface area contributed by atoms with E-state index in [0.29, 0.717) is 12.1 Å². The van der Waals surface area contributed by atoms with E-state index in [9.17, 15) is 0 Å². The third-order valence-corrected chi connectivity index (χ3v) is 1.98. The number of hydrogen-bond donors (Lipinski definition) is 1. The van der Waals surface area contributed by atoms with Crippen molar-refractivity contribution >= 4 is 0 Å². The van der Waals surface area contributed by atoms with Gasteiger partial charge in [0.05, 0.1) is 0 Å². The van der Waals surface area contributed by atoms with Gasteiger partial charge in [-0.2, -0.15) is 0 Å². The van der Waals surface area contributed by atoms with Gasteiger partial charge in [-0.15, -0.1) is 6.58 Å². The molecule has 0 heterocycles. The molecule has 11 heavy (non-hydrogen) atoms. The fourth-order valence-electron chi connectivity index (χ4n) is 1.19. The molecule has 0 fully saturated rings. The van der Waals surface area contributed by atoms with Gasteiger partial charge in [-0.1, -0.05) is 26.3 Å². The van der Waals surface area contributed by atoms with Crippen LogP contribution in [0.3, 0.4) is 0 Å². The molecule has 0 aromatic rings. The molecule has 0 bridgehead atoms. The Kier molecular flexibility index (Phi) is 6.24. The fraction of sp³-hybridized carbons (Fsp3) is 0.800. The van der Waals surface area contributed by atoms with Crippen LogP contribution in [-0.4, -0.2) is 12.1 Å². The van der Waals surface area contributed by atoms with Crippen LogP contribution in [0, 0.1) is 0 Å². The molecule has 0 amide bonds. The van der Waals surface area contributed by atoms with Crippen molar-refractivity contribution in [2.75, 3.05) is 0 Å². The van der Waals surface area contributed by atoms with Gasteiger partial charge in [0.1, 0.15) is 0 Å². The summed E-state index contributed by atoms with van der Waals surface area (Å²) in [4.78, 5) is 0. The summed E-state index contributed by atoms with van der Waals surface area (Å²) in [7, 11) is 0. The lowest BCUT2D eigenvalue weighted by atomic mass is 10.1. The second-order valence-electron chi connectivity index (χ2n) is 3.08. The van der Waals surface area contributed by atoms with Crippen molar-refractivity contribution in [1.29, 1.82) is 0 Å². The summed E-state index contributed by atoms with van der Waals surface area (Å²) in [5.41, 5.74) is 0. The Balaban J connectivity index is 3.57. The van der Waals surface area contributed by atoms with Gasteiger partial charge in [-0.3, -0.25) is 0 Å². The highest BCUT2D eigenvalue weighted by atomic mass is 14.9. The molecule has 66 valence electrons. The van der Waals surface area contributed by atoms with Gasteiger partial charge in [0, 0.05) is 12.1 Å². The molecule has 0 aliphatic carbocycles. The average Bonchev–Trinajstić information content (AvgIpc) is 2.03. The van der Waals surface area contributed by atoms with Crippen LogP contribution in [0.2, 0.25) is 0 Å². The molecule has 1 nitrogen and oxygen atoms in total. The summed E-state index contributed by atoms with van der Waals surface area (Å²) < 4.78 is 0. The zero-order chi connectivity index (χ0) is 8.69. The lowest BCUT2D eigenvalue weighted by Crippen LogP contribution is -2.34. The molecule has 0 saturated carbocycles. The van der Waals surface area contributed by atoms with Gasteiger partial charge in [-0.25, -0.2) is 0 Å². The molecular weight excluding hydrogens is 134 g/mol. The van der Waals surface area contributed by atoms with E-state index < -0.39 is 0 Å². The molecule has 0 rings (SSSR count). The molecule has 2 atom stereocenters. The lowest BCUT2D eigenvalue weighted by molar-refractivity contribution is 0.442. The first-order valence-electron chi connectivity index (χ1n) is 4.63. The molecule has 0 saturated heterocycles. The first-order chi connectivity index (χ1) is 5.24. The van der Waals surface area contributed by atoms with Crippen LogP contribution >= 0.6 is 0 Å². The topological polar surface area (TPSA) is 12.0 Å². The Morgan fingerprint density at radius 1 is 1.45 bits per heavy atom. The molecule has 1 N–H and O–H groups in total.